The molecular formula is C26H25NSSe. The molecule has 0 atom stereocenters. The third-order valence-corrected chi connectivity index (χ3v) is 9.26. The number of rotatable bonds is 2. The van der Waals surface area contributed by atoms with Gasteiger partial charge in [0.05, 0.1) is 0 Å². The van der Waals surface area contributed by atoms with Gasteiger partial charge in [0.1, 0.15) is 0 Å². The molecule has 0 saturated carbocycles. The molecule has 0 N–H and O–H groups in total. The molecule has 1 nitrogen and oxygen atoms in total. The monoisotopic (exact) mass is 463 g/mol. The third kappa shape index (κ3) is 3.36. The van der Waals surface area contributed by atoms with E-state index in [1.165, 1.54) is 56.6 Å². The quantitative estimate of drug-likeness (QED) is 0.247. The van der Waals surface area contributed by atoms with Crippen LogP contribution in [0.1, 0.15) is 36.3 Å². The van der Waals surface area contributed by atoms with Crippen LogP contribution in [-0.4, -0.2) is 19.5 Å². The van der Waals surface area contributed by atoms with Gasteiger partial charge in [0.25, 0.3) is 0 Å². The van der Waals surface area contributed by atoms with Crippen LogP contribution in [0.15, 0.2) is 48.7 Å². The number of hydrogen-bond acceptors (Lipinski definition) is 2. The average Bonchev–Trinajstić information content (AvgIpc) is 3.20. The SMILES string of the molecule is Cc1cc(-c2nccc3c2sc2c4ccc(CC(C)(C)C)cc4ccc32)[se]c1C. The van der Waals surface area contributed by atoms with E-state index < -0.39 is 0 Å². The Bertz CT molecular complexity index is 1360. The number of thiophene rings is 1. The number of nitrogens with zero attached hydrogens (tertiary/aromatic N) is 1. The van der Waals surface area contributed by atoms with Gasteiger partial charge in [-0.3, -0.25) is 0 Å². The summed E-state index contributed by atoms with van der Waals surface area (Å²) in [5.74, 6) is 0. The van der Waals surface area contributed by atoms with Crippen LogP contribution >= 0.6 is 11.3 Å². The second kappa shape index (κ2) is 6.80. The van der Waals surface area contributed by atoms with Crippen LogP contribution in [-0.2, 0) is 6.42 Å². The van der Waals surface area contributed by atoms with Crippen molar-refractivity contribution in [1.29, 1.82) is 0 Å². The van der Waals surface area contributed by atoms with E-state index in [0.717, 1.165) is 6.42 Å². The Balaban J connectivity index is 1.74. The molecule has 0 fully saturated rings. The van der Waals surface area contributed by atoms with Crippen molar-refractivity contribution in [3.8, 4) is 10.1 Å². The predicted molar refractivity (Wildman–Crippen MR) is 130 cm³/mol. The fourth-order valence-corrected chi connectivity index (χ4v) is 7.78. The molecular weight excluding hydrogens is 437 g/mol. The van der Waals surface area contributed by atoms with E-state index in [9.17, 15) is 0 Å². The summed E-state index contributed by atoms with van der Waals surface area (Å²) in [7, 11) is 0. The molecule has 0 aliphatic heterocycles. The van der Waals surface area contributed by atoms with Gasteiger partial charge in [-0.2, -0.15) is 0 Å². The van der Waals surface area contributed by atoms with Gasteiger partial charge in [0.15, 0.2) is 0 Å². The molecule has 29 heavy (non-hydrogen) atoms. The number of pyridine rings is 1. The maximum absolute atomic E-state index is 4.82. The molecule has 3 heterocycles. The number of aromatic nitrogens is 1. The summed E-state index contributed by atoms with van der Waals surface area (Å²) in [6.07, 6.45) is 3.09. The molecule has 0 aliphatic carbocycles. The van der Waals surface area contributed by atoms with Crippen LogP contribution in [0.25, 0.3) is 41.1 Å². The number of fused-ring (bicyclic) bond motifs is 5. The molecule has 3 aromatic heterocycles. The van der Waals surface area contributed by atoms with E-state index in [4.69, 9.17) is 4.98 Å². The Kier molecular flexibility index (Phi) is 4.47. The van der Waals surface area contributed by atoms with E-state index >= 15 is 0 Å². The van der Waals surface area contributed by atoms with Crippen LogP contribution in [0.4, 0.5) is 0 Å². The predicted octanol–water partition coefficient (Wildman–Crippen LogP) is 7.53. The van der Waals surface area contributed by atoms with Crippen LogP contribution in [0.2, 0.25) is 0 Å². The van der Waals surface area contributed by atoms with Crippen LogP contribution in [0.5, 0.6) is 0 Å². The van der Waals surface area contributed by atoms with Crippen molar-refractivity contribution >= 4 is 56.8 Å². The molecule has 146 valence electrons. The molecule has 0 radical (unpaired) electrons. The first-order valence-electron chi connectivity index (χ1n) is 10.1. The zero-order valence-electron chi connectivity index (χ0n) is 17.6. The van der Waals surface area contributed by atoms with Gasteiger partial charge in [-0.15, -0.1) is 0 Å². The summed E-state index contributed by atoms with van der Waals surface area (Å²) in [6.45, 7) is 11.4. The fraction of sp³-hybridized carbons (Fsp3) is 0.269. The van der Waals surface area contributed by atoms with Gasteiger partial charge in [0, 0.05) is 0 Å². The number of hydrogen-bond donors (Lipinski definition) is 0. The Morgan fingerprint density at radius 3 is 2.38 bits per heavy atom. The first kappa shape index (κ1) is 19.1. The molecule has 0 spiro atoms. The topological polar surface area (TPSA) is 12.9 Å². The van der Waals surface area contributed by atoms with E-state index in [0.29, 0.717) is 19.9 Å². The molecule has 5 aromatic rings. The van der Waals surface area contributed by atoms with Gasteiger partial charge < -0.3 is 0 Å². The normalized spacial score (nSPS) is 12.4. The maximum atomic E-state index is 4.82. The molecule has 0 aliphatic rings. The van der Waals surface area contributed by atoms with Crippen LogP contribution in [0.3, 0.4) is 0 Å². The first-order chi connectivity index (χ1) is 13.8. The van der Waals surface area contributed by atoms with Crippen molar-refractivity contribution in [2.75, 3.05) is 0 Å². The fourth-order valence-electron chi connectivity index (χ4n) is 4.13. The van der Waals surface area contributed by atoms with Gasteiger partial charge in [-0.1, -0.05) is 0 Å². The average molecular weight is 463 g/mol. The molecule has 0 unspecified atom stereocenters. The molecule has 0 amide bonds. The van der Waals surface area contributed by atoms with Crippen molar-refractivity contribution < 1.29 is 0 Å². The molecule has 5 rings (SSSR count). The Labute approximate surface area is 182 Å². The zero-order chi connectivity index (χ0) is 20.3. The van der Waals surface area contributed by atoms with Gasteiger partial charge >= 0.3 is 183 Å². The Morgan fingerprint density at radius 2 is 1.66 bits per heavy atom. The van der Waals surface area contributed by atoms with Gasteiger partial charge in [0.2, 0.25) is 0 Å². The second-order valence-corrected chi connectivity index (χ2v) is 12.9. The molecule has 2 aromatic carbocycles. The van der Waals surface area contributed by atoms with E-state index in [-0.39, 0.29) is 0 Å². The van der Waals surface area contributed by atoms with Crippen molar-refractivity contribution in [3.05, 3.63) is 64.2 Å². The van der Waals surface area contributed by atoms with Crippen LogP contribution < -0.4 is 0 Å². The zero-order valence-corrected chi connectivity index (χ0v) is 20.1. The van der Waals surface area contributed by atoms with Gasteiger partial charge in [-0.05, 0) is 0 Å². The van der Waals surface area contributed by atoms with E-state index in [1.54, 1.807) is 0 Å². The van der Waals surface area contributed by atoms with Crippen molar-refractivity contribution in [2.24, 2.45) is 5.41 Å². The van der Waals surface area contributed by atoms with Crippen molar-refractivity contribution in [1.82, 2.24) is 4.98 Å². The summed E-state index contributed by atoms with van der Waals surface area (Å²) in [4.78, 5) is 4.82. The summed E-state index contributed by atoms with van der Waals surface area (Å²) < 4.78 is 5.66. The molecule has 3 heteroatoms. The van der Waals surface area contributed by atoms with E-state index in [1.807, 2.05) is 17.5 Å². The van der Waals surface area contributed by atoms with Gasteiger partial charge in [-0.25, -0.2) is 0 Å². The van der Waals surface area contributed by atoms with Crippen molar-refractivity contribution in [2.45, 2.75) is 41.0 Å². The van der Waals surface area contributed by atoms with Crippen LogP contribution in [0, 0.1) is 19.3 Å². The number of aryl methyl sites for hydroxylation is 2. The minimum atomic E-state index is 0.303. The summed E-state index contributed by atoms with van der Waals surface area (Å²) in [6, 6.07) is 16.2. The number of benzene rings is 2. The Hall–Kier alpha value is -1.93. The van der Waals surface area contributed by atoms with Crippen molar-refractivity contribution in [3.63, 3.8) is 0 Å². The second-order valence-electron chi connectivity index (χ2n) is 9.22. The third-order valence-electron chi connectivity index (χ3n) is 5.57. The standard InChI is InChI=1S/C26H25NSSe/c1-15-12-22(29-16(15)2)23-25-21(10-11-27-23)20-9-7-18-13-17(14-26(3,4)5)6-8-19(18)24(20)28-25/h6-13H,14H2,1-5H3. The minimum absolute atomic E-state index is 0.303. The summed E-state index contributed by atoms with van der Waals surface area (Å²) in [5, 5.41) is 5.41. The first-order valence-corrected chi connectivity index (χ1v) is 12.6. The molecule has 0 bridgehead atoms. The molecule has 0 saturated heterocycles. The Morgan fingerprint density at radius 1 is 0.897 bits per heavy atom. The van der Waals surface area contributed by atoms with E-state index in [2.05, 4.69) is 77.1 Å². The summed E-state index contributed by atoms with van der Waals surface area (Å²) in [5.41, 5.74) is 4.33. The summed E-state index contributed by atoms with van der Waals surface area (Å²) >= 11 is 2.31.